The van der Waals surface area contributed by atoms with E-state index >= 15 is 0 Å². The van der Waals surface area contributed by atoms with Crippen molar-refractivity contribution in [3.63, 3.8) is 0 Å². The van der Waals surface area contributed by atoms with Gasteiger partial charge in [-0.05, 0) is 44.4 Å². The molecule has 1 fully saturated rings. The van der Waals surface area contributed by atoms with Crippen molar-refractivity contribution in [1.82, 2.24) is 40.0 Å². The average Bonchev–Trinajstić information content (AvgIpc) is 3.69. The Balaban J connectivity index is 0.000000384. The van der Waals surface area contributed by atoms with E-state index in [4.69, 9.17) is 16.6 Å². The van der Waals surface area contributed by atoms with Crippen molar-refractivity contribution in [1.29, 1.82) is 5.26 Å². The van der Waals surface area contributed by atoms with E-state index in [0.29, 0.717) is 54.1 Å². The Morgan fingerprint density at radius 2 is 2.08 bits per heavy atom. The van der Waals surface area contributed by atoms with E-state index in [1.807, 2.05) is 17.6 Å². The number of nitriles is 1. The maximum Gasteiger partial charge on any atom is 0.207 e. The molecule has 39 heavy (non-hydrogen) atoms. The Bertz CT molecular complexity index is 1610. The van der Waals surface area contributed by atoms with Gasteiger partial charge in [0.1, 0.15) is 33.5 Å². The molecule has 1 saturated carbocycles. The van der Waals surface area contributed by atoms with Gasteiger partial charge in [0.15, 0.2) is 5.82 Å². The highest BCUT2D eigenvalue weighted by atomic mass is 35.5. The van der Waals surface area contributed by atoms with Crippen LogP contribution in [0.25, 0.3) is 33.9 Å². The first kappa shape index (κ1) is 26.4. The molecule has 3 atom stereocenters. The molecule has 0 bridgehead atoms. The van der Waals surface area contributed by atoms with Gasteiger partial charge in [-0.1, -0.05) is 23.7 Å². The van der Waals surface area contributed by atoms with Gasteiger partial charge >= 0.3 is 0 Å². The molecule has 10 nitrogen and oxygen atoms in total. The van der Waals surface area contributed by atoms with E-state index in [0.717, 1.165) is 14.9 Å². The molecule has 1 amide bonds. The number of fused-ring (bicyclic) bond motifs is 1. The standard InChI is InChI=1S/C22H19FN8O.C4H4ClNS/c23-17-4-2-1-3-16(17)22-29-19-10-25-18(21-26-11-28-30-21)8-20(19)31(22)15-6-13(9-24)5-14(7-15)27-12-32;1-3-6-2-4(5)7-3/h1-4,8,10-15H,5-7H2,(H,27,32)(H,26,28,30);2H,1H3. The van der Waals surface area contributed by atoms with Crippen molar-refractivity contribution >= 4 is 40.4 Å². The van der Waals surface area contributed by atoms with E-state index < -0.39 is 0 Å². The monoisotopic (exact) mass is 563 g/mol. The van der Waals surface area contributed by atoms with E-state index in [-0.39, 0.29) is 23.8 Å². The number of hydrogen-bond donors (Lipinski definition) is 2. The van der Waals surface area contributed by atoms with Crippen LogP contribution in [-0.4, -0.2) is 47.2 Å². The number of thiazole rings is 1. The quantitative estimate of drug-likeness (QED) is 0.283. The minimum absolute atomic E-state index is 0.155. The number of rotatable bonds is 5. The minimum atomic E-state index is -0.386. The van der Waals surface area contributed by atoms with Crippen molar-refractivity contribution in [2.75, 3.05) is 0 Å². The third-order valence-corrected chi connectivity index (χ3v) is 7.51. The van der Waals surface area contributed by atoms with E-state index in [1.165, 1.54) is 23.7 Å². The lowest BCUT2D eigenvalue weighted by atomic mass is 9.83. The largest absolute Gasteiger partial charge is 0.356 e. The summed E-state index contributed by atoms with van der Waals surface area (Å²) in [7, 11) is 0. The second-order valence-corrected chi connectivity index (χ2v) is 10.9. The van der Waals surface area contributed by atoms with Gasteiger partial charge in [-0.25, -0.2) is 19.3 Å². The maximum atomic E-state index is 14.8. The Morgan fingerprint density at radius 1 is 1.23 bits per heavy atom. The molecule has 0 spiro atoms. The number of aromatic amines is 1. The van der Waals surface area contributed by atoms with Gasteiger partial charge in [0.25, 0.3) is 0 Å². The zero-order chi connectivity index (χ0) is 27.4. The molecule has 2 N–H and O–H groups in total. The summed E-state index contributed by atoms with van der Waals surface area (Å²) >= 11 is 7.01. The molecule has 1 aliphatic carbocycles. The number of halogens is 2. The molecule has 3 unspecified atom stereocenters. The first-order chi connectivity index (χ1) is 19.0. The van der Waals surface area contributed by atoms with Crippen molar-refractivity contribution in [2.24, 2.45) is 5.92 Å². The molecular weight excluding hydrogens is 541 g/mol. The highest BCUT2D eigenvalue weighted by molar-refractivity contribution is 7.15. The number of nitrogens with one attached hydrogen (secondary N) is 2. The van der Waals surface area contributed by atoms with E-state index in [9.17, 15) is 14.4 Å². The van der Waals surface area contributed by atoms with E-state index in [2.05, 4.69) is 36.5 Å². The van der Waals surface area contributed by atoms with Crippen LogP contribution >= 0.6 is 22.9 Å². The summed E-state index contributed by atoms with van der Waals surface area (Å²) in [4.78, 5) is 28.3. The molecule has 1 aliphatic rings. The number of H-pyrrole nitrogens is 1. The van der Waals surface area contributed by atoms with Crippen LogP contribution in [0.15, 0.2) is 49.1 Å². The maximum absolute atomic E-state index is 14.8. The van der Waals surface area contributed by atoms with Crippen LogP contribution in [0, 0.1) is 30.0 Å². The number of benzene rings is 1. The Labute approximate surface area is 231 Å². The summed E-state index contributed by atoms with van der Waals surface area (Å²) < 4.78 is 17.5. The lowest BCUT2D eigenvalue weighted by molar-refractivity contribution is -0.110. The minimum Gasteiger partial charge on any atom is -0.356 e. The van der Waals surface area contributed by atoms with Gasteiger partial charge in [-0.3, -0.25) is 14.9 Å². The predicted molar refractivity (Wildman–Crippen MR) is 145 cm³/mol. The number of aromatic nitrogens is 7. The smallest absolute Gasteiger partial charge is 0.207 e. The van der Waals surface area contributed by atoms with Gasteiger partial charge in [0, 0.05) is 12.1 Å². The summed E-state index contributed by atoms with van der Waals surface area (Å²) in [5.41, 5.74) is 2.29. The normalized spacial score (nSPS) is 18.7. The molecule has 6 rings (SSSR count). The molecule has 1 aromatic carbocycles. The Kier molecular flexibility index (Phi) is 7.90. The third-order valence-electron chi connectivity index (χ3n) is 6.48. The molecule has 0 radical (unpaired) electrons. The number of amides is 1. The molecule has 13 heteroatoms. The lowest BCUT2D eigenvalue weighted by Gasteiger charge is -2.33. The number of imidazole rings is 1. The molecule has 0 aliphatic heterocycles. The van der Waals surface area contributed by atoms with Crippen LogP contribution in [0.3, 0.4) is 0 Å². The van der Waals surface area contributed by atoms with Gasteiger partial charge in [-0.2, -0.15) is 10.4 Å². The zero-order valence-corrected chi connectivity index (χ0v) is 22.3. The number of carbonyl (C=O) groups excluding carboxylic acids is 1. The average molecular weight is 564 g/mol. The fourth-order valence-corrected chi connectivity index (χ4v) is 5.71. The molecule has 0 saturated heterocycles. The predicted octanol–water partition coefficient (Wildman–Crippen LogP) is 5.11. The van der Waals surface area contributed by atoms with Crippen molar-refractivity contribution in [3.05, 3.63) is 64.2 Å². The Hall–Kier alpha value is -4.21. The zero-order valence-electron chi connectivity index (χ0n) is 20.8. The summed E-state index contributed by atoms with van der Waals surface area (Å²) in [5.74, 6) is 0.338. The van der Waals surface area contributed by atoms with Crippen LogP contribution in [0.4, 0.5) is 4.39 Å². The van der Waals surface area contributed by atoms with Gasteiger partial charge < -0.3 is 9.88 Å². The van der Waals surface area contributed by atoms with Crippen LogP contribution in [0.5, 0.6) is 0 Å². The fourth-order valence-electron chi connectivity index (χ4n) is 4.83. The SMILES string of the molecule is Cc1ncc(Cl)s1.N#CC1CC(NC=O)CC(n2c(-c3ccccc3F)nc3cnc(-c4ncn[nH]4)cc32)C1. The van der Waals surface area contributed by atoms with Crippen molar-refractivity contribution in [3.8, 4) is 29.0 Å². The summed E-state index contributed by atoms with van der Waals surface area (Å²) in [5, 5.41) is 20.1. The van der Waals surface area contributed by atoms with Crippen LogP contribution in [0.1, 0.15) is 30.3 Å². The van der Waals surface area contributed by atoms with Crippen molar-refractivity contribution in [2.45, 2.75) is 38.3 Å². The number of hydrogen-bond acceptors (Lipinski definition) is 8. The highest BCUT2D eigenvalue weighted by Crippen LogP contribution is 2.39. The second-order valence-electron chi connectivity index (χ2n) is 9.03. The number of nitrogens with zero attached hydrogens (tertiary/aromatic N) is 7. The molecule has 4 aromatic heterocycles. The Morgan fingerprint density at radius 3 is 2.72 bits per heavy atom. The van der Waals surface area contributed by atoms with Gasteiger partial charge in [-0.15, -0.1) is 11.3 Å². The van der Waals surface area contributed by atoms with E-state index in [1.54, 1.807) is 30.6 Å². The summed E-state index contributed by atoms with van der Waals surface area (Å²) in [6.45, 7) is 1.93. The van der Waals surface area contributed by atoms with Gasteiger partial charge in [0.2, 0.25) is 6.41 Å². The summed E-state index contributed by atoms with van der Waals surface area (Å²) in [6, 6.07) is 10.3. The van der Waals surface area contributed by atoms with Crippen LogP contribution in [-0.2, 0) is 4.79 Å². The number of carbonyl (C=O) groups is 1. The number of aryl methyl sites for hydroxylation is 1. The van der Waals surface area contributed by atoms with Crippen molar-refractivity contribution < 1.29 is 9.18 Å². The molecule has 4 heterocycles. The summed E-state index contributed by atoms with van der Waals surface area (Å²) in [6.07, 6.45) is 7.10. The van der Waals surface area contributed by atoms with Gasteiger partial charge in [0.05, 0.1) is 40.5 Å². The highest BCUT2D eigenvalue weighted by Gasteiger charge is 2.33. The third kappa shape index (κ3) is 5.79. The topological polar surface area (TPSA) is 138 Å². The van der Waals surface area contributed by atoms with Crippen LogP contribution < -0.4 is 5.32 Å². The second kappa shape index (κ2) is 11.7. The molecule has 5 aromatic rings. The first-order valence-electron chi connectivity index (χ1n) is 12.1. The van der Waals surface area contributed by atoms with Crippen LogP contribution in [0.2, 0.25) is 4.34 Å². The fraction of sp³-hybridized carbons (Fsp3) is 0.269. The molecule has 198 valence electrons. The molecular formula is C26H23ClFN9OS. The first-order valence-corrected chi connectivity index (χ1v) is 13.3. The number of pyridine rings is 1. The lowest BCUT2D eigenvalue weighted by Crippen LogP contribution is -2.37.